The molecule has 0 saturated heterocycles. The van der Waals surface area contributed by atoms with Crippen molar-refractivity contribution in [3.63, 3.8) is 0 Å². The van der Waals surface area contributed by atoms with Gasteiger partial charge in [-0.15, -0.1) is 0 Å². The predicted octanol–water partition coefficient (Wildman–Crippen LogP) is 0.141. The van der Waals surface area contributed by atoms with Gasteiger partial charge >= 0.3 is 0 Å². The lowest BCUT2D eigenvalue weighted by atomic mass is 10.1. The monoisotopic (exact) mass is 286 g/mol. The van der Waals surface area contributed by atoms with E-state index in [1.807, 2.05) is 0 Å². The van der Waals surface area contributed by atoms with Crippen LogP contribution in [0.5, 0.6) is 0 Å². The standard InChI is InChI=1S/C11H18N4O3S/c1-6(8-3-4-8)5-13-11(16)9-10(19(12,17)18)7(2)14-15-9/h6,8H,3-5H2,1-2H3,(H,13,16)(H,14,15)(H2,12,17,18). The zero-order valence-electron chi connectivity index (χ0n) is 10.9. The number of sulfonamides is 1. The molecule has 1 aliphatic carbocycles. The summed E-state index contributed by atoms with van der Waals surface area (Å²) in [7, 11) is -3.96. The van der Waals surface area contributed by atoms with Crippen LogP contribution in [0.3, 0.4) is 0 Å². The smallest absolute Gasteiger partial charge is 0.273 e. The van der Waals surface area contributed by atoms with Crippen LogP contribution in [-0.4, -0.2) is 31.1 Å². The molecule has 0 bridgehead atoms. The average molecular weight is 286 g/mol. The highest BCUT2D eigenvalue weighted by Crippen LogP contribution is 2.36. The molecule has 19 heavy (non-hydrogen) atoms. The van der Waals surface area contributed by atoms with Gasteiger partial charge in [0.05, 0.1) is 5.69 Å². The van der Waals surface area contributed by atoms with E-state index >= 15 is 0 Å². The molecule has 4 N–H and O–H groups in total. The first kappa shape index (κ1) is 14.0. The Morgan fingerprint density at radius 2 is 2.21 bits per heavy atom. The van der Waals surface area contributed by atoms with Crippen LogP contribution >= 0.6 is 0 Å². The molecule has 1 fully saturated rings. The molecule has 106 valence electrons. The number of hydrogen-bond donors (Lipinski definition) is 3. The zero-order chi connectivity index (χ0) is 14.2. The van der Waals surface area contributed by atoms with E-state index in [4.69, 9.17) is 5.14 Å². The van der Waals surface area contributed by atoms with Gasteiger partial charge in [-0.05, 0) is 31.6 Å². The van der Waals surface area contributed by atoms with E-state index in [9.17, 15) is 13.2 Å². The summed E-state index contributed by atoms with van der Waals surface area (Å²) in [4.78, 5) is 11.7. The number of nitrogens with one attached hydrogen (secondary N) is 2. The molecule has 0 aliphatic heterocycles. The van der Waals surface area contributed by atoms with Gasteiger partial charge in [-0.25, -0.2) is 13.6 Å². The maximum absolute atomic E-state index is 12.0. The van der Waals surface area contributed by atoms with Crippen molar-refractivity contribution in [1.82, 2.24) is 15.5 Å². The minimum Gasteiger partial charge on any atom is -0.350 e. The molecule has 8 heteroatoms. The number of primary sulfonamides is 1. The lowest BCUT2D eigenvalue weighted by molar-refractivity contribution is 0.0938. The third-order valence-electron chi connectivity index (χ3n) is 3.40. The molecule has 1 unspecified atom stereocenters. The van der Waals surface area contributed by atoms with Crippen molar-refractivity contribution in [3.8, 4) is 0 Å². The third kappa shape index (κ3) is 3.13. The maximum Gasteiger partial charge on any atom is 0.273 e. The highest BCUT2D eigenvalue weighted by molar-refractivity contribution is 7.89. The fraction of sp³-hybridized carbons (Fsp3) is 0.636. The summed E-state index contributed by atoms with van der Waals surface area (Å²) < 4.78 is 22.9. The van der Waals surface area contributed by atoms with Gasteiger partial charge in [-0.3, -0.25) is 9.89 Å². The van der Waals surface area contributed by atoms with E-state index in [0.29, 0.717) is 18.4 Å². The van der Waals surface area contributed by atoms with Crippen LogP contribution in [-0.2, 0) is 10.0 Å². The molecule has 7 nitrogen and oxygen atoms in total. The SMILES string of the molecule is Cc1[nH]nc(C(=O)NCC(C)C2CC2)c1S(N)(=O)=O. The summed E-state index contributed by atoms with van der Waals surface area (Å²) in [5, 5.41) is 14.0. The van der Waals surface area contributed by atoms with Crippen molar-refractivity contribution < 1.29 is 13.2 Å². The summed E-state index contributed by atoms with van der Waals surface area (Å²) >= 11 is 0. The fourth-order valence-electron chi connectivity index (χ4n) is 2.09. The van der Waals surface area contributed by atoms with E-state index in [2.05, 4.69) is 22.4 Å². The van der Waals surface area contributed by atoms with Crippen LogP contribution < -0.4 is 10.5 Å². The number of amides is 1. The number of aromatic amines is 1. The first-order chi connectivity index (χ1) is 8.80. The largest absolute Gasteiger partial charge is 0.350 e. The molecule has 1 atom stereocenters. The average Bonchev–Trinajstić information content (AvgIpc) is 3.07. The minimum atomic E-state index is -3.96. The summed E-state index contributed by atoms with van der Waals surface area (Å²) in [5.41, 5.74) is 0.103. The second-order valence-electron chi connectivity index (χ2n) is 5.10. The van der Waals surface area contributed by atoms with Crippen molar-refractivity contribution in [2.24, 2.45) is 17.0 Å². The lowest BCUT2D eigenvalue weighted by Gasteiger charge is -2.10. The molecular formula is C11H18N4O3S. The Morgan fingerprint density at radius 1 is 1.58 bits per heavy atom. The van der Waals surface area contributed by atoms with E-state index < -0.39 is 15.9 Å². The Labute approximate surface area is 112 Å². The molecule has 0 aromatic carbocycles. The van der Waals surface area contributed by atoms with Gasteiger partial charge < -0.3 is 5.32 Å². The topological polar surface area (TPSA) is 118 Å². The Bertz CT molecular complexity index is 589. The summed E-state index contributed by atoms with van der Waals surface area (Å²) in [5.74, 6) is 0.543. The Hall–Kier alpha value is -1.41. The first-order valence-electron chi connectivity index (χ1n) is 6.16. The predicted molar refractivity (Wildman–Crippen MR) is 68.9 cm³/mol. The molecule has 0 radical (unpaired) electrons. The number of carbonyl (C=O) groups is 1. The Kier molecular flexibility index (Phi) is 3.64. The van der Waals surface area contributed by atoms with E-state index in [1.54, 1.807) is 0 Å². The van der Waals surface area contributed by atoms with Gasteiger partial charge in [0.2, 0.25) is 10.0 Å². The van der Waals surface area contributed by atoms with Crippen LogP contribution in [0.4, 0.5) is 0 Å². The van der Waals surface area contributed by atoms with E-state index in [0.717, 1.165) is 0 Å². The van der Waals surface area contributed by atoms with Gasteiger partial charge in [-0.2, -0.15) is 5.10 Å². The summed E-state index contributed by atoms with van der Waals surface area (Å²) in [6.07, 6.45) is 2.39. The second-order valence-corrected chi connectivity index (χ2v) is 6.59. The number of aryl methyl sites for hydroxylation is 1. The zero-order valence-corrected chi connectivity index (χ0v) is 11.8. The van der Waals surface area contributed by atoms with Crippen molar-refractivity contribution >= 4 is 15.9 Å². The molecule has 2 rings (SSSR count). The summed E-state index contributed by atoms with van der Waals surface area (Å²) in [6.45, 7) is 4.09. The molecule has 0 spiro atoms. The van der Waals surface area contributed by atoms with Crippen LogP contribution in [0.15, 0.2) is 4.90 Å². The van der Waals surface area contributed by atoms with Crippen LogP contribution in [0.1, 0.15) is 35.9 Å². The molecule has 1 amide bonds. The van der Waals surface area contributed by atoms with Crippen LogP contribution in [0.25, 0.3) is 0 Å². The first-order valence-corrected chi connectivity index (χ1v) is 7.71. The van der Waals surface area contributed by atoms with Gasteiger partial charge in [0.1, 0.15) is 4.90 Å². The van der Waals surface area contributed by atoms with Crippen LogP contribution in [0.2, 0.25) is 0 Å². The van der Waals surface area contributed by atoms with Gasteiger partial charge in [-0.1, -0.05) is 6.92 Å². The fourth-order valence-corrected chi connectivity index (χ4v) is 2.97. The second kappa shape index (κ2) is 4.93. The highest BCUT2D eigenvalue weighted by Gasteiger charge is 2.29. The molecule has 1 heterocycles. The third-order valence-corrected chi connectivity index (χ3v) is 4.47. The number of hydrogen-bond acceptors (Lipinski definition) is 4. The number of rotatable bonds is 5. The lowest BCUT2D eigenvalue weighted by Crippen LogP contribution is -2.31. The van der Waals surface area contributed by atoms with Crippen molar-refractivity contribution in [2.45, 2.75) is 31.6 Å². The number of nitrogens with two attached hydrogens (primary N) is 1. The quantitative estimate of drug-likeness (QED) is 0.713. The van der Waals surface area contributed by atoms with Gasteiger partial charge in [0, 0.05) is 6.54 Å². The van der Waals surface area contributed by atoms with Crippen LogP contribution in [0, 0.1) is 18.8 Å². The normalized spacial score (nSPS) is 17.2. The number of nitrogens with zero attached hydrogens (tertiary/aromatic N) is 1. The number of H-pyrrole nitrogens is 1. The van der Waals surface area contributed by atoms with Gasteiger partial charge in [0.15, 0.2) is 5.69 Å². The molecule has 1 saturated carbocycles. The summed E-state index contributed by atoms with van der Waals surface area (Å²) in [6, 6.07) is 0. The molecule has 1 aliphatic rings. The van der Waals surface area contributed by atoms with Crippen molar-refractivity contribution in [2.75, 3.05) is 6.54 Å². The Balaban J connectivity index is 2.11. The molecule has 1 aromatic rings. The molecule has 1 aromatic heterocycles. The molecular weight excluding hydrogens is 268 g/mol. The highest BCUT2D eigenvalue weighted by atomic mass is 32.2. The van der Waals surface area contributed by atoms with Gasteiger partial charge in [0.25, 0.3) is 5.91 Å². The number of carbonyl (C=O) groups excluding carboxylic acids is 1. The Morgan fingerprint density at radius 3 is 2.74 bits per heavy atom. The number of aromatic nitrogens is 2. The maximum atomic E-state index is 12.0. The van der Waals surface area contributed by atoms with Crippen molar-refractivity contribution in [1.29, 1.82) is 0 Å². The van der Waals surface area contributed by atoms with Crippen molar-refractivity contribution in [3.05, 3.63) is 11.4 Å². The van der Waals surface area contributed by atoms with E-state index in [1.165, 1.54) is 19.8 Å². The minimum absolute atomic E-state index is 0.164. The van der Waals surface area contributed by atoms with E-state index in [-0.39, 0.29) is 16.3 Å².